The van der Waals surface area contributed by atoms with E-state index in [4.69, 9.17) is 0 Å². The summed E-state index contributed by atoms with van der Waals surface area (Å²) in [6, 6.07) is 8.64. The van der Waals surface area contributed by atoms with Gasteiger partial charge in [0.15, 0.2) is 0 Å². The van der Waals surface area contributed by atoms with Crippen LogP contribution in [0.1, 0.15) is 31.2 Å². The lowest BCUT2D eigenvalue weighted by molar-refractivity contribution is -0.137. The van der Waals surface area contributed by atoms with E-state index < -0.39 is 0 Å². The third-order valence-electron chi connectivity index (χ3n) is 5.12. The molecule has 1 amide bonds. The quantitative estimate of drug-likeness (QED) is 0.828. The molecule has 1 aliphatic heterocycles. The fraction of sp³-hybridized carbons (Fsp3) is 0.450. The molecule has 1 saturated heterocycles. The topological polar surface area (TPSA) is 49.3 Å². The molecule has 1 aliphatic carbocycles. The number of carbonyl (C=O) groups is 1. The summed E-state index contributed by atoms with van der Waals surface area (Å²) < 4.78 is 13.5. The normalized spacial score (nSPS) is 20.0. The minimum Gasteiger partial charge on any atom is -0.340 e. The Morgan fingerprint density at radius 2 is 2.00 bits per heavy atom. The summed E-state index contributed by atoms with van der Waals surface area (Å²) in [6.45, 7) is 2.01. The second kappa shape index (κ2) is 7.40. The predicted octanol–water partition coefficient (Wildman–Crippen LogP) is 3.02. The maximum absolute atomic E-state index is 13.5. The molecule has 0 spiro atoms. The van der Waals surface area contributed by atoms with Gasteiger partial charge in [-0.05, 0) is 49.4 Å². The van der Waals surface area contributed by atoms with Crippen LogP contribution in [0.25, 0.3) is 0 Å². The van der Waals surface area contributed by atoms with Crippen molar-refractivity contribution >= 4 is 11.9 Å². The van der Waals surface area contributed by atoms with Crippen LogP contribution in [-0.4, -0.2) is 39.9 Å². The number of nitrogens with zero attached hydrogens (tertiary/aromatic N) is 4. The number of anilines is 1. The van der Waals surface area contributed by atoms with Crippen LogP contribution in [0.15, 0.2) is 42.7 Å². The molecule has 0 N–H and O–H groups in total. The lowest BCUT2D eigenvalue weighted by Gasteiger charge is -2.35. The molecule has 136 valence electrons. The van der Waals surface area contributed by atoms with E-state index in [1.54, 1.807) is 24.5 Å². The second-order valence-corrected chi connectivity index (χ2v) is 7.16. The number of aromatic nitrogens is 2. The molecule has 6 heteroatoms. The number of halogens is 1. The van der Waals surface area contributed by atoms with E-state index >= 15 is 0 Å². The molecule has 1 aromatic carbocycles. The second-order valence-electron chi connectivity index (χ2n) is 7.16. The third kappa shape index (κ3) is 3.84. The third-order valence-corrected chi connectivity index (χ3v) is 5.12. The molecule has 4 rings (SSSR count). The van der Waals surface area contributed by atoms with Crippen molar-refractivity contribution in [1.82, 2.24) is 14.9 Å². The Hall–Kier alpha value is -2.50. The van der Waals surface area contributed by atoms with Crippen LogP contribution in [0, 0.1) is 11.7 Å². The van der Waals surface area contributed by atoms with Crippen molar-refractivity contribution in [2.24, 2.45) is 5.92 Å². The number of carbonyl (C=O) groups excluding carboxylic acids is 1. The van der Waals surface area contributed by atoms with Crippen molar-refractivity contribution < 1.29 is 9.18 Å². The van der Waals surface area contributed by atoms with Crippen molar-refractivity contribution in [3.63, 3.8) is 0 Å². The first-order valence-electron chi connectivity index (χ1n) is 9.27. The van der Waals surface area contributed by atoms with Gasteiger partial charge in [0, 0.05) is 38.1 Å². The van der Waals surface area contributed by atoms with Gasteiger partial charge in [0.25, 0.3) is 0 Å². The Bertz CT molecular complexity index is 765. The van der Waals surface area contributed by atoms with Crippen LogP contribution in [0.5, 0.6) is 0 Å². The largest absolute Gasteiger partial charge is 0.340 e. The van der Waals surface area contributed by atoms with Crippen LogP contribution in [0.4, 0.5) is 10.3 Å². The first-order chi connectivity index (χ1) is 12.7. The van der Waals surface area contributed by atoms with Gasteiger partial charge in [0.05, 0.1) is 5.92 Å². The van der Waals surface area contributed by atoms with E-state index in [9.17, 15) is 9.18 Å². The van der Waals surface area contributed by atoms with Crippen molar-refractivity contribution in [2.75, 3.05) is 18.0 Å². The number of piperidine rings is 1. The van der Waals surface area contributed by atoms with E-state index in [1.807, 2.05) is 11.0 Å². The Labute approximate surface area is 152 Å². The van der Waals surface area contributed by atoms with E-state index in [0.29, 0.717) is 25.1 Å². The highest BCUT2D eigenvalue weighted by atomic mass is 19.1. The molecule has 5 nitrogen and oxygen atoms in total. The number of amides is 1. The summed E-state index contributed by atoms with van der Waals surface area (Å²) >= 11 is 0. The van der Waals surface area contributed by atoms with Crippen LogP contribution in [-0.2, 0) is 11.3 Å². The van der Waals surface area contributed by atoms with Gasteiger partial charge >= 0.3 is 0 Å². The molecular formula is C20H23FN4O. The maximum Gasteiger partial charge on any atom is 0.228 e. The van der Waals surface area contributed by atoms with Gasteiger partial charge in [0.2, 0.25) is 11.9 Å². The van der Waals surface area contributed by atoms with Crippen molar-refractivity contribution in [3.05, 3.63) is 54.1 Å². The first-order valence-corrected chi connectivity index (χ1v) is 9.27. The Kier molecular flexibility index (Phi) is 4.82. The molecule has 1 atom stereocenters. The fourth-order valence-electron chi connectivity index (χ4n) is 3.65. The molecule has 0 radical (unpaired) electrons. The van der Waals surface area contributed by atoms with E-state index in [-0.39, 0.29) is 17.6 Å². The summed E-state index contributed by atoms with van der Waals surface area (Å²) in [5, 5.41) is 0. The molecule has 2 aliphatic rings. The van der Waals surface area contributed by atoms with Gasteiger partial charge in [-0.2, -0.15) is 0 Å². The zero-order valence-corrected chi connectivity index (χ0v) is 14.7. The maximum atomic E-state index is 13.5. The highest BCUT2D eigenvalue weighted by Crippen LogP contribution is 2.32. The van der Waals surface area contributed by atoms with Crippen LogP contribution in [0.3, 0.4) is 0 Å². The number of hydrogen-bond acceptors (Lipinski definition) is 4. The zero-order chi connectivity index (χ0) is 17.9. The molecule has 2 heterocycles. The molecule has 26 heavy (non-hydrogen) atoms. The average Bonchev–Trinajstić information content (AvgIpc) is 3.52. The van der Waals surface area contributed by atoms with Crippen molar-refractivity contribution in [3.8, 4) is 0 Å². The lowest BCUT2D eigenvalue weighted by Crippen LogP contribution is -2.45. The molecule has 1 aromatic heterocycles. The summed E-state index contributed by atoms with van der Waals surface area (Å²) in [5.74, 6) is 0.558. The molecule has 2 aromatic rings. The number of benzene rings is 1. The Morgan fingerprint density at radius 1 is 1.19 bits per heavy atom. The monoisotopic (exact) mass is 354 g/mol. The average molecular weight is 354 g/mol. The Morgan fingerprint density at radius 3 is 2.73 bits per heavy atom. The van der Waals surface area contributed by atoms with Crippen LogP contribution < -0.4 is 4.90 Å². The van der Waals surface area contributed by atoms with Crippen molar-refractivity contribution in [1.29, 1.82) is 0 Å². The van der Waals surface area contributed by atoms with Crippen LogP contribution in [0.2, 0.25) is 0 Å². The van der Waals surface area contributed by atoms with Crippen molar-refractivity contribution in [2.45, 2.75) is 38.3 Å². The predicted molar refractivity (Wildman–Crippen MR) is 96.9 cm³/mol. The zero-order valence-electron chi connectivity index (χ0n) is 14.7. The molecular weight excluding hydrogens is 331 g/mol. The standard InChI is InChI=1S/C20H23FN4O/c21-17-6-1-4-15(12-17)13-25(18-7-8-18)19(26)16-5-2-11-24(14-16)20-22-9-3-10-23-20/h1,3-4,6,9-10,12,16,18H,2,5,7-8,11,13-14H2. The Balaban J connectivity index is 1.47. The highest BCUT2D eigenvalue weighted by molar-refractivity contribution is 5.80. The van der Waals surface area contributed by atoms with E-state index in [2.05, 4.69) is 14.9 Å². The first kappa shape index (κ1) is 16.9. The van der Waals surface area contributed by atoms with Gasteiger partial charge < -0.3 is 9.80 Å². The van der Waals surface area contributed by atoms with Crippen LogP contribution >= 0.6 is 0 Å². The fourth-order valence-corrected chi connectivity index (χ4v) is 3.65. The minimum absolute atomic E-state index is 0.0540. The summed E-state index contributed by atoms with van der Waals surface area (Å²) in [6.07, 6.45) is 7.38. The molecule has 1 saturated carbocycles. The van der Waals surface area contributed by atoms with Gasteiger partial charge in [-0.15, -0.1) is 0 Å². The lowest BCUT2D eigenvalue weighted by atomic mass is 9.96. The van der Waals surface area contributed by atoms with Gasteiger partial charge in [-0.25, -0.2) is 14.4 Å². The van der Waals surface area contributed by atoms with E-state index in [1.165, 1.54) is 12.1 Å². The highest BCUT2D eigenvalue weighted by Gasteiger charge is 2.37. The molecule has 1 unspecified atom stereocenters. The SMILES string of the molecule is O=C(C1CCCN(c2ncccn2)C1)N(Cc1cccc(F)c1)C1CC1. The minimum atomic E-state index is -0.254. The van der Waals surface area contributed by atoms with E-state index in [0.717, 1.165) is 37.8 Å². The van der Waals surface area contributed by atoms with Gasteiger partial charge in [-0.3, -0.25) is 4.79 Å². The number of hydrogen-bond donors (Lipinski definition) is 0. The molecule has 0 bridgehead atoms. The number of rotatable bonds is 5. The summed E-state index contributed by atoms with van der Waals surface area (Å²) in [4.78, 5) is 25.9. The molecule has 2 fully saturated rings. The van der Waals surface area contributed by atoms with Gasteiger partial charge in [-0.1, -0.05) is 12.1 Å². The smallest absolute Gasteiger partial charge is 0.228 e. The van der Waals surface area contributed by atoms with Gasteiger partial charge in [0.1, 0.15) is 5.82 Å². The summed E-state index contributed by atoms with van der Waals surface area (Å²) in [7, 11) is 0. The summed E-state index contributed by atoms with van der Waals surface area (Å²) in [5.41, 5.74) is 0.851.